The van der Waals surface area contributed by atoms with E-state index in [1.807, 2.05) is 0 Å². The van der Waals surface area contributed by atoms with Crippen LogP contribution in [0, 0.1) is 5.92 Å². The van der Waals surface area contributed by atoms with Crippen LogP contribution in [0.15, 0.2) is 0 Å². The summed E-state index contributed by atoms with van der Waals surface area (Å²) in [5.74, 6) is 0.809. The van der Waals surface area contributed by atoms with Crippen LogP contribution in [0.1, 0.15) is 72.1 Å². The average molecular weight is 243 g/mol. The predicted octanol–water partition coefficient (Wildman–Crippen LogP) is 4.70. The van der Waals surface area contributed by atoms with E-state index >= 15 is 0 Å². The van der Waals surface area contributed by atoms with Gasteiger partial charge in [-0.05, 0) is 25.2 Å². The molecule has 0 radical (unpaired) electrons. The maximum absolute atomic E-state index is 5.34. The zero-order chi connectivity index (χ0) is 12.2. The lowest BCUT2D eigenvalue weighted by molar-refractivity contribution is 0.445. The van der Waals surface area contributed by atoms with Crippen LogP contribution >= 0.6 is 12.2 Å². The van der Waals surface area contributed by atoms with Crippen molar-refractivity contribution in [3.63, 3.8) is 0 Å². The highest BCUT2D eigenvalue weighted by Gasteiger charge is 2.06. The van der Waals surface area contributed by atoms with Gasteiger partial charge in [-0.15, -0.1) is 0 Å². The topological polar surface area (TPSA) is 12.0 Å². The Bertz CT molecular complexity index is 168. The van der Waals surface area contributed by atoms with E-state index in [0.29, 0.717) is 0 Å². The number of hydrogen-bond acceptors (Lipinski definition) is 1. The van der Waals surface area contributed by atoms with Gasteiger partial charge in [-0.3, -0.25) is 0 Å². The van der Waals surface area contributed by atoms with Gasteiger partial charge in [0.25, 0.3) is 0 Å². The van der Waals surface area contributed by atoms with Crippen molar-refractivity contribution in [2.24, 2.45) is 5.92 Å². The first-order valence-corrected chi connectivity index (χ1v) is 7.42. The zero-order valence-electron chi connectivity index (χ0n) is 11.3. The summed E-state index contributed by atoms with van der Waals surface area (Å²) in [6.07, 6.45) is 10.2. The Morgan fingerprint density at radius 2 is 1.75 bits per heavy atom. The van der Waals surface area contributed by atoms with Gasteiger partial charge >= 0.3 is 0 Å². The maximum Gasteiger partial charge on any atom is 0.0753 e. The van der Waals surface area contributed by atoms with Gasteiger partial charge in [0.05, 0.1) is 4.99 Å². The molecule has 0 spiro atoms. The fourth-order valence-electron chi connectivity index (χ4n) is 1.83. The lowest BCUT2D eigenvalue weighted by Gasteiger charge is -2.16. The molecule has 0 aliphatic heterocycles. The number of rotatable bonds is 10. The van der Waals surface area contributed by atoms with Gasteiger partial charge in [0.2, 0.25) is 0 Å². The van der Waals surface area contributed by atoms with Gasteiger partial charge in [0, 0.05) is 6.54 Å². The monoisotopic (exact) mass is 243 g/mol. The average Bonchev–Trinajstić information content (AvgIpc) is 2.30. The van der Waals surface area contributed by atoms with Crippen LogP contribution in [0.2, 0.25) is 0 Å². The molecule has 96 valence electrons. The Hall–Kier alpha value is -0.110. The molecule has 1 atom stereocenters. The number of hydrogen-bond donors (Lipinski definition) is 1. The van der Waals surface area contributed by atoms with Gasteiger partial charge < -0.3 is 5.32 Å². The SMILES string of the molecule is CCCCCC(=S)NCC(CC)CCCC. The molecule has 16 heavy (non-hydrogen) atoms. The molecule has 0 aliphatic rings. The summed E-state index contributed by atoms with van der Waals surface area (Å²) in [5.41, 5.74) is 0. The first-order valence-electron chi connectivity index (χ1n) is 7.01. The Morgan fingerprint density at radius 3 is 2.31 bits per heavy atom. The molecule has 0 aromatic carbocycles. The molecule has 2 heteroatoms. The van der Waals surface area contributed by atoms with Crippen LogP contribution in [0.25, 0.3) is 0 Å². The van der Waals surface area contributed by atoms with Crippen LogP contribution in [0.4, 0.5) is 0 Å². The van der Waals surface area contributed by atoms with Crippen molar-refractivity contribution in [1.29, 1.82) is 0 Å². The fraction of sp³-hybridized carbons (Fsp3) is 0.929. The molecule has 1 N–H and O–H groups in total. The molecular formula is C14H29NS. The summed E-state index contributed by atoms with van der Waals surface area (Å²) in [5, 5.41) is 3.43. The fourth-order valence-corrected chi connectivity index (χ4v) is 2.05. The predicted molar refractivity (Wildman–Crippen MR) is 78.0 cm³/mol. The molecule has 0 rings (SSSR count). The second kappa shape index (κ2) is 11.4. The maximum atomic E-state index is 5.34. The molecule has 0 fully saturated rings. The second-order valence-corrected chi connectivity index (χ2v) is 5.17. The van der Waals surface area contributed by atoms with Gasteiger partial charge in [0.15, 0.2) is 0 Å². The van der Waals surface area contributed by atoms with E-state index in [1.54, 1.807) is 0 Å². The number of nitrogens with one attached hydrogen (secondary N) is 1. The molecule has 1 nitrogen and oxygen atoms in total. The highest BCUT2D eigenvalue weighted by Crippen LogP contribution is 2.11. The molecule has 0 aromatic heterocycles. The third kappa shape index (κ3) is 9.14. The number of unbranched alkanes of at least 4 members (excludes halogenated alkanes) is 3. The van der Waals surface area contributed by atoms with Crippen molar-refractivity contribution in [3.8, 4) is 0 Å². The van der Waals surface area contributed by atoms with Crippen LogP contribution in [-0.4, -0.2) is 11.5 Å². The lowest BCUT2D eigenvalue weighted by atomic mass is 9.99. The van der Waals surface area contributed by atoms with Crippen molar-refractivity contribution in [1.82, 2.24) is 5.32 Å². The summed E-state index contributed by atoms with van der Waals surface area (Å²) in [6.45, 7) is 7.85. The first-order chi connectivity index (χ1) is 7.74. The summed E-state index contributed by atoms with van der Waals surface area (Å²) in [6, 6.07) is 0. The molecule has 0 saturated carbocycles. The second-order valence-electron chi connectivity index (χ2n) is 4.68. The molecule has 0 heterocycles. The van der Waals surface area contributed by atoms with Crippen LogP contribution < -0.4 is 5.32 Å². The summed E-state index contributed by atoms with van der Waals surface area (Å²) < 4.78 is 0. The third-order valence-electron chi connectivity index (χ3n) is 3.14. The van der Waals surface area contributed by atoms with Crippen LogP contribution in [-0.2, 0) is 0 Å². The first kappa shape index (κ1) is 15.9. The molecule has 0 aliphatic carbocycles. The van der Waals surface area contributed by atoms with E-state index in [9.17, 15) is 0 Å². The number of thiocarbonyl (C=S) groups is 1. The van der Waals surface area contributed by atoms with Crippen molar-refractivity contribution in [2.45, 2.75) is 72.1 Å². The molecule has 1 unspecified atom stereocenters. The molecule has 0 aromatic rings. The molecule has 0 amide bonds. The van der Waals surface area contributed by atoms with Gasteiger partial charge in [-0.25, -0.2) is 0 Å². The summed E-state index contributed by atoms with van der Waals surface area (Å²) in [7, 11) is 0. The van der Waals surface area contributed by atoms with E-state index < -0.39 is 0 Å². The van der Waals surface area contributed by atoms with E-state index in [4.69, 9.17) is 12.2 Å². The van der Waals surface area contributed by atoms with Gasteiger partial charge in [0.1, 0.15) is 0 Å². The van der Waals surface area contributed by atoms with Crippen molar-refractivity contribution in [3.05, 3.63) is 0 Å². The molecule has 0 saturated heterocycles. The van der Waals surface area contributed by atoms with Crippen molar-refractivity contribution < 1.29 is 0 Å². The Morgan fingerprint density at radius 1 is 1.06 bits per heavy atom. The minimum absolute atomic E-state index is 0.809. The van der Waals surface area contributed by atoms with Crippen molar-refractivity contribution >= 4 is 17.2 Å². The van der Waals surface area contributed by atoms with E-state index in [0.717, 1.165) is 23.9 Å². The van der Waals surface area contributed by atoms with E-state index in [2.05, 4.69) is 26.1 Å². The lowest BCUT2D eigenvalue weighted by Crippen LogP contribution is -2.27. The minimum atomic E-state index is 0.809. The standard InChI is InChI=1S/C14H29NS/c1-4-7-9-11-14(16)15-12-13(6-3)10-8-5-2/h13H,4-12H2,1-3H3,(H,15,16). The Balaban J connectivity index is 3.54. The molecular weight excluding hydrogens is 214 g/mol. The Kier molecular flexibility index (Phi) is 11.3. The summed E-state index contributed by atoms with van der Waals surface area (Å²) >= 11 is 5.34. The van der Waals surface area contributed by atoms with Gasteiger partial charge in [-0.2, -0.15) is 0 Å². The van der Waals surface area contributed by atoms with Crippen LogP contribution in [0.3, 0.4) is 0 Å². The van der Waals surface area contributed by atoms with E-state index in [-0.39, 0.29) is 0 Å². The quantitative estimate of drug-likeness (QED) is 0.441. The summed E-state index contributed by atoms with van der Waals surface area (Å²) in [4.78, 5) is 1.07. The highest BCUT2D eigenvalue weighted by atomic mass is 32.1. The minimum Gasteiger partial charge on any atom is -0.379 e. The normalized spacial score (nSPS) is 12.4. The third-order valence-corrected chi connectivity index (χ3v) is 3.49. The highest BCUT2D eigenvalue weighted by molar-refractivity contribution is 7.80. The Labute approximate surface area is 107 Å². The van der Waals surface area contributed by atoms with Crippen molar-refractivity contribution in [2.75, 3.05) is 6.54 Å². The van der Waals surface area contributed by atoms with Crippen LogP contribution in [0.5, 0.6) is 0 Å². The largest absolute Gasteiger partial charge is 0.379 e. The van der Waals surface area contributed by atoms with Gasteiger partial charge in [-0.1, -0.05) is 65.1 Å². The zero-order valence-corrected chi connectivity index (χ0v) is 12.2. The van der Waals surface area contributed by atoms with E-state index in [1.165, 1.54) is 44.9 Å². The smallest absolute Gasteiger partial charge is 0.0753 e. The molecule has 0 bridgehead atoms.